The van der Waals surface area contributed by atoms with Crippen molar-refractivity contribution in [1.82, 2.24) is 4.90 Å². The molecule has 1 saturated heterocycles. The molecule has 1 aliphatic heterocycles. The minimum atomic E-state index is -0.359. The number of carbonyl (C=O) groups is 2. The maximum atomic E-state index is 13.0. The van der Waals surface area contributed by atoms with Gasteiger partial charge in [0.1, 0.15) is 6.61 Å². The van der Waals surface area contributed by atoms with Gasteiger partial charge >= 0.3 is 0 Å². The van der Waals surface area contributed by atoms with Crippen LogP contribution in [-0.2, 0) is 17.9 Å². The fourth-order valence-corrected chi connectivity index (χ4v) is 5.24. The Bertz CT molecular complexity index is 1350. The third kappa shape index (κ3) is 6.39. The first-order valence-corrected chi connectivity index (χ1v) is 13.5. The van der Waals surface area contributed by atoms with E-state index in [1.54, 1.807) is 60.7 Å². The van der Waals surface area contributed by atoms with Crippen molar-refractivity contribution in [3.05, 3.63) is 95.7 Å². The molecule has 2 amide bonds. The van der Waals surface area contributed by atoms with Crippen LogP contribution in [-0.4, -0.2) is 22.7 Å². The highest BCUT2D eigenvalue weighted by atomic mass is 79.9. The van der Waals surface area contributed by atoms with Crippen LogP contribution < -0.4 is 9.47 Å². The molecule has 3 aromatic rings. The topological polar surface area (TPSA) is 55.8 Å². The molecule has 0 bridgehead atoms. The molecule has 0 aliphatic carbocycles. The summed E-state index contributed by atoms with van der Waals surface area (Å²) in [7, 11) is 0. The van der Waals surface area contributed by atoms with Crippen LogP contribution in [0.15, 0.2) is 64.0 Å². The van der Waals surface area contributed by atoms with Crippen molar-refractivity contribution in [2.24, 2.45) is 0 Å². The second-order valence-corrected chi connectivity index (χ2v) is 10.8. The molecule has 1 aliphatic rings. The third-order valence-electron chi connectivity index (χ3n) is 5.18. The van der Waals surface area contributed by atoms with Crippen molar-refractivity contribution in [3.8, 4) is 11.5 Å². The van der Waals surface area contributed by atoms with Crippen molar-refractivity contribution in [2.75, 3.05) is 6.61 Å². The van der Waals surface area contributed by atoms with E-state index in [9.17, 15) is 9.59 Å². The molecule has 0 aromatic heterocycles. The zero-order valence-corrected chi connectivity index (χ0v) is 23.6. The van der Waals surface area contributed by atoms with E-state index in [2.05, 4.69) is 15.9 Å². The maximum Gasteiger partial charge on any atom is 0.293 e. The molecule has 0 radical (unpaired) electrons. The van der Waals surface area contributed by atoms with Crippen LogP contribution in [0.25, 0.3) is 6.08 Å². The lowest BCUT2D eigenvalue weighted by Crippen LogP contribution is -2.27. The van der Waals surface area contributed by atoms with E-state index in [4.69, 9.17) is 44.3 Å². The molecule has 4 rings (SSSR count). The molecule has 186 valence electrons. The van der Waals surface area contributed by atoms with Gasteiger partial charge in [0.15, 0.2) is 11.5 Å². The second kappa shape index (κ2) is 11.9. The third-order valence-corrected chi connectivity index (χ3v) is 7.61. The number of benzene rings is 3. The molecule has 10 heteroatoms. The summed E-state index contributed by atoms with van der Waals surface area (Å²) < 4.78 is 12.4. The minimum Gasteiger partial charge on any atom is -0.490 e. The van der Waals surface area contributed by atoms with Crippen LogP contribution in [0.1, 0.15) is 23.6 Å². The van der Waals surface area contributed by atoms with Crippen LogP contribution >= 0.6 is 62.5 Å². The van der Waals surface area contributed by atoms with Crippen LogP contribution in [0.5, 0.6) is 11.5 Å². The van der Waals surface area contributed by atoms with Gasteiger partial charge in [0.05, 0.1) is 18.1 Å². The largest absolute Gasteiger partial charge is 0.490 e. The number of thioether (sulfide) groups is 1. The van der Waals surface area contributed by atoms with E-state index in [0.717, 1.165) is 22.9 Å². The first-order valence-electron chi connectivity index (χ1n) is 10.8. The number of halogens is 4. The van der Waals surface area contributed by atoms with Gasteiger partial charge in [-0.2, -0.15) is 0 Å². The molecule has 1 heterocycles. The van der Waals surface area contributed by atoms with Crippen LogP contribution in [0, 0.1) is 0 Å². The summed E-state index contributed by atoms with van der Waals surface area (Å²) >= 11 is 22.6. The minimum absolute atomic E-state index is 0.171. The Morgan fingerprint density at radius 3 is 2.33 bits per heavy atom. The van der Waals surface area contributed by atoms with Crippen molar-refractivity contribution < 1.29 is 19.1 Å². The van der Waals surface area contributed by atoms with E-state index < -0.39 is 0 Å². The molecule has 5 nitrogen and oxygen atoms in total. The van der Waals surface area contributed by atoms with Gasteiger partial charge < -0.3 is 9.47 Å². The van der Waals surface area contributed by atoms with Crippen LogP contribution in [0.4, 0.5) is 4.79 Å². The fourth-order valence-electron chi connectivity index (χ4n) is 3.39. The Kier molecular flexibility index (Phi) is 8.91. The van der Waals surface area contributed by atoms with Gasteiger partial charge in [-0.15, -0.1) is 0 Å². The highest BCUT2D eigenvalue weighted by Gasteiger charge is 2.35. The summed E-state index contributed by atoms with van der Waals surface area (Å²) in [5.74, 6) is 0.641. The predicted octanol–water partition coefficient (Wildman–Crippen LogP) is 8.62. The molecular formula is C26H19BrCl3NO4S. The lowest BCUT2D eigenvalue weighted by Gasteiger charge is -2.15. The van der Waals surface area contributed by atoms with Crippen molar-refractivity contribution in [3.63, 3.8) is 0 Å². The number of imide groups is 1. The molecule has 0 N–H and O–H groups in total. The van der Waals surface area contributed by atoms with E-state index in [-0.39, 0.29) is 24.3 Å². The standard InChI is InChI=1S/C26H19BrCl3NO4S/c1-2-34-22-9-17(20(27)12-23(22)35-14-16-5-8-19(29)11-21(16)30)10-24-25(32)31(26(33)36-24)13-15-3-6-18(28)7-4-15/h3-12H,2,13-14H2,1H3/b24-10-. The zero-order chi connectivity index (χ0) is 25.8. The Balaban J connectivity index is 1.55. The van der Waals surface area contributed by atoms with Crippen molar-refractivity contribution in [2.45, 2.75) is 20.1 Å². The van der Waals surface area contributed by atoms with Gasteiger partial charge in [-0.25, -0.2) is 0 Å². The number of amides is 2. The predicted molar refractivity (Wildman–Crippen MR) is 149 cm³/mol. The van der Waals surface area contributed by atoms with Crippen LogP contribution in [0.3, 0.4) is 0 Å². The normalized spacial score (nSPS) is 14.6. The maximum absolute atomic E-state index is 13.0. The van der Waals surface area contributed by atoms with Gasteiger partial charge in [0.2, 0.25) is 0 Å². The molecule has 3 aromatic carbocycles. The molecule has 0 unspecified atom stereocenters. The fraction of sp³-hybridized carbons (Fsp3) is 0.154. The van der Waals surface area contributed by atoms with Crippen molar-refractivity contribution in [1.29, 1.82) is 0 Å². The number of hydrogen-bond acceptors (Lipinski definition) is 5. The van der Waals surface area contributed by atoms with Crippen molar-refractivity contribution >= 4 is 79.7 Å². The monoisotopic (exact) mass is 625 g/mol. The number of ether oxygens (including phenoxy) is 2. The average molecular weight is 628 g/mol. The van der Waals surface area contributed by atoms with Gasteiger partial charge in [-0.05, 0) is 72.3 Å². The molecule has 0 spiro atoms. The Morgan fingerprint density at radius 1 is 0.944 bits per heavy atom. The van der Waals surface area contributed by atoms with Gasteiger partial charge in [-0.3, -0.25) is 14.5 Å². The zero-order valence-electron chi connectivity index (χ0n) is 18.9. The Labute approximate surface area is 236 Å². The second-order valence-electron chi connectivity index (χ2n) is 7.67. The summed E-state index contributed by atoms with van der Waals surface area (Å²) in [6.07, 6.45) is 1.67. The van der Waals surface area contributed by atoms with Gasteiger partial charge in [0, 0.05) is 25.1 Å². The lowest BCUT2D eigenvalue weighted by atomic mass is 10.1. The molecule has 36 heavy (non-hydrogen) atoms. The van der Waals surface area contributed by atoms with E-state index >= 15 is 0 Å². The van der Waals surface area contributed by atoms with E-state index in [1.807, 2.05) is 6.92 Å². The number of hydrogen-bond donors (Lipinski definition) is 0. The Hall–Kier alpha value is -2.16. The van der Waals surface area contributed by atoms with E-state index in [0.29, 0.717) is 48.1 Å². The summed E-state index contributed by atoms with van der Waals surface area (Å²) in [5, 5.41) is 1.31. The first kappa shape index (κ1) is 26.9. The van der Waals surface area contributed by atoms with Gasteiger partial charge in [-0.1, -0.05) is 68.9 Å². The summed E-state index contributed by atoms with van der Waals surface area (Å²) in [4.78, 5) is 27.1. The highest BCUT2D eigenvalue weighted by Crippen LogP contribution is 2.39. The number of carbonyl (C=O) groups excluding carboxylic acids is 2. The molecule has 1 fully saturated rings. The highest BCUT2D eigenvalue weighted by molar-refractivity contribution is 9.10. The van der Waals surface area contributed by atoms with E-state index in [1.165, 1.54) is 4.90 Å². The molecular weight excluding hydrogens is 609 g/mol. The first-order chi connectivity index (χ1) is 17.2. The summed E-state index contributed by atoms with van der Waals surface area (Å²) in [5.41, 5.74) is 2.26. The number of nitrogens with zero attached hydrogens (tertiary/aromatic N) is 1. The summed E-state index contributed by atoms with van der Waals surface area (Å²) in [6.45, 7) is 2.66. The van der Waals surface area contributed by atoms with Crippen LogP contribution in [0.2, 0.25) is 15.1 Å². The lowest BCUT2D eigenvalue weighted by molar-refractivity contribution is -0.123. The number of rotatable bonds is 8. The SMILES string of the molecule is CCOc1cc(/C=C2\SC(=O)N(Cc3ccc(Cl)cc3)C2=O)c(Br)cc1OCc1ccc(Cl)cc1Cl. The molecule has 0 saturated carbocycles. The quantitative estimate of drug-likeness (QED) is 0.234. The molecule has 0 atom stereocenters. The Morgan fingerprint density at radius 2 is 1.64 bits per heavy atom. The smallest absolute Gasteiger partial charge is 0.293 e. The summed E-state index contributed by atoms with van der Waals surface area (Å²) in [6, 6.07) is 15.8. The van der Waals surface area contributed by atoms with Gasteiger partial charge in [0.25, 0.3) is 11.1 Å². The average Bonchev–Trinajstić information content (AvgIpc) is 3.09.